The predicted octanol–water partition coefficient (Wildman–Crippen LogP) is 3.04. The molecular weight excluding hydrogens is 224 g/mol. The van der Waals surface area contributed by atoms with Gasteiger partial charge < -0.3 is 10.2 Å². The molecule has 2 nitrogen and oxygen atoms in total. The fraction of sp³-hybridized carbons (Fsp3) is 0.625. The van der Waals surface area contributed by atoms with Crippen LogP contribution in [-0.2, 0) is 5.41 Å². The van der Waals surface area contributed by atoms with Crippen LogP contribution in [0.1, 0.15) is 44.2 Å². The van der Waals surface area contributed by atoms with Crippen LogP contribution < -0.4 is 0 Å². The molecule has 0 aliphatic carbocycles. The van der Waals surface area contributed by atoms with Crippen LogP contribution in [0.5, 0.6) is 0 Å². The Balaban J connectivity index is 2.85. The highest BCUT2D eigenvalue weighted by atomic mass is 16.3. The van der Waals surface area contributed by atoms with Gasteiger partial charge in [0.2, 0.25) is 0 Å². The van der Waals surface area contributed by atoms with E-state index in [1.54, 1.807) is 0 Å². The van der Waals surface area contributed by atoms with Crippen molar-refractivity contribution in [1.82, 2.24) is 0 Å². The molecule has 18 heavy (non-hydrogen) atoms. The summed E-state index contributed by atoms with van der Waals surface area (Å²) in [7, 11) is 0. The Morgan fingerprint density at radius 3 is 2.33 bits per heavy atom. The molecule has 1 aromatic rings. The second-order valence-corrected chi connectivity index (χ2v) is 5.75. The summed E-state index contributed by atoms with van der Waals surface area (Å²) in [4.78, 5) is 0. The molecule has 2 heteroatoms. The van der Waals surface area contributed by atoms with E-state index in [-0.39, 0.29) is 13.2 Å². The summed E-state index contributed by atoms with van der Waals surface area (Å²) in [6, 6.07) is 8.11. The molecule has 102 valence electrons. The molecule has 0 unspecified atom stereocenters. The molecule has 0 saturated carbocycles. The molecule has 0 heterocycles. The topological polar surface area (TPSA) is 40.5 Å². The number of benzene rings is 1. The van der Waals surface area contributed by atoms with E-state index in [1.165, 1.54) is 5.56 Å². The van der Waals surface area contributed by atoms with Gasteiger partial charge in [-0.2, -0.15) is 0 Å². The van der Waals surface area contributed by atoms with Gasteiger partial charge in [0.15, 0.2) is 0 Å². The van der Waals surface area contributed by atoms with Crippen LogP contribution in [-0.4, -0.2) is 23.4 Å². The van der Waals surface area contributed by atoms with Crippen LogP contribution >= 0.6 is 0 Å². The third-order valence-electron chi connectivity index (χ3n) is 3.67. The average Bonchev–Trinajstić information content (AvgIpc) is 2.35. The molecule has 0 saturated heterocycles. The molecule has 0 radical (unpaired) electrons. The molecule has 0 atom stereocenters. The molecule has 2 N–H and O–H groups in total. The standard InChI is InChI=1S/C16H26O2/c1-13(2)6-5-9-16(11-17,12-18)15-8-4-7-14(3)10-15/h4,7-8,10,13,17-18H,5-6,9,11-12H2,1-3H3. The minimum absolute atomic E-state index is 0.00501. The molecule has 0 aliphatic heterocycles. The van der Waals surface area contributed by atoms with E-state index in [4.69, 9.17) is 0 Å². The van der Waals surface area contributed by atoms with Crippen LogP contribution in [0.25, 0.3) is 0 Å². The van der Waals surface area contributed by atoms with E-state index in [0.717, 1.165) is 24.8 Å². The zero-order chi connectivity index (χ0) is 13.6. The van der Waals surface area contributed by atoms with E-state index in [2.05, 4.69) is 19.9 Å². The molecule has 0 bridgehead atoms. The maximum absolute atomic E-state index is 9.73. The first kappa shape index (κ1) is 15.2. The average molecular weight is 250 g/mol. The minimum atomic E-state index is -0.485. The first-order valence-corrected chi connectivity index (χ1v) is 6.83. The highest BCUT2D eigenvalue weighted by Crippen LogP contribution is 2.30. The molecule has 0 spiro atoms. The van der Waals surface area contributed by atoms with Crippen LogP contribution in [0, 0.1) is 12.8 Å². The molecule has 0 fully saturated rings. The number of aliphatic hydroxyl groups excluding tert-OH is 2. The van der Waals surface area contributed by atoms with E-state index < -0.39 is 5.41 Å². The van der Waals surface area contributed by atoms with Crippen molar-refractivity contribution in [2.75, 3.05) is 13.2 Å². The van der Waals surface area contributed by atoms with Crippen molar-refractivity contribution in [3.63, 3.8) is 0 Å². The van der Waals surface area contributed by atoms with Crippen molar-refractivity contribution in [3.05, 3.63) is 35.4 Å². The maximum atomic E-state index is 9.73. The van der Waals surface area contributed by atoms with Gasteiger partial charge in [-0.1, -0.05) is 56.5 Å². The van der Waals surface area contributed by atoms with Crippen LogP contribution in [0.4, 0.5) is 0 Å². The Labute approximate surface area is 111 Å². The first-order chi connectivity index (χ1) is 8.54. The Morgan fingerprint density at radius 2 is 1.83 bits per heavy atom. The predicted molar refractivity (Wildman–Crippen MR) is 75.7 cm³/mol. The number of hydrogen-bond acceptors (Lipinski definition) is 2. The second-order valence-electron chi connectivity index (χ2n) is 5.75. The lowest BCUT2D eigenvalue weighted by Crippen LogP contribution is -2.35. The van der Waals surface area contributed by atoms with Gasteiger partial charge in [-0.05, 0) is 24.8 Å². The van der Waals surface area contributed by atoms with Crippen molar-refractivity contribution in [3.8, 4) is 0 Å². The van der Waals surface area contributed by atoms with E-state index in [0.29, 0.717) is 5.92 Å². The third-order valence-corrected chi connectivity index (χ3v) is 3.67. The zero-order valence-electron chi connectivity index (χ0n) is 11.8. The highest BCUT2D eigenvalue weighted by Gasteiger charge is 2.30. The molecule has 0 amide bonds. The summed E-state index contributed by atoms with van der Waals surface area (Å²) >= 11 is 0. The van der Waals surface area contributed by atoms with Gasteiger partial charge in [0.1, 0.15) is 0 Å². The summed E-state index contributed by atoms with van der Waals surface area (Å²) in [6.07, 6.45) is 3.00. The first-order valence-electron chi connectivity index (χ1n) is 6.83. The fourth-order valence-electron chi connectivity index (χ4n) is 2.36. The fourth-order valence-corrected chi connectivity index (χ4v) is 2.36. The summed E-state index contributed by atoms with van der Waals surface area (Å²) in [5.41, 5.74) is 1.74. The molecular formula is C16H26O2. The van der Waals surface area contributed by atoms with Gasteiger partial charge in [-0.25, -0.2) is 0 Å². The van der Waals surface area contributed by atoms with Crippen molar-refractivity contribution in [2.45, 2.75) is 45.4 Å². The largest absolute Gasteiger partial charge is 0.395 e. The normalized spacial score (nSPS) is 12.1. The van der Waals surface area contributed by atoms with Gasteiger partial charge in [-0.15, -0.1) is 0 Å². The van der Waals surface area contributed by atoms with Gasteiger partial charge >= 0.3 is 0 Å². The van der Waals surface area contributed by atoms with Gasteiger partial charge in [0.05, 0.1) is 13.2 Å². The Morgan fingerprint density at radius 1 is 1.17 bits per heavy atom. The lowest BCUT2D eigenvalue weighted by Gasteiger charge is -2.31. The Hall–Kier alpha value is -0.860. The Bertz CT molecular complexity index is 354. The summed E-state index contributed by atoms with van der Waals surface area (Å²) in [6.45, 7) is 6.45. The minimum Gasteiger partial charge on any atom is -0.395 e. The molecule has 0 aromatic heterocycles. The lowest BCUT2D eigenvalue weighted by molar-refractivity contribution is 0.106. The number of rotatable bonds is 7. The second kappa shape index (κ2) is 6.91. The smallest absolute Gasteiger partial charge is 0.0550 e. The molecule has 1 aromatic carbocycles. The molecule has 1 rings (SSSR count). The third kappa shape index (κ3) is 3.82. The van der Waals surface area contributed by atoms with Crippen LogP contribution in [0.15, 0.2) is 24.3 Å². The van der Waals surface area contributed by atoms with Crippen LogP contribution in [0.2, 0.25) is 0 Å². The summed E-state index contributed by atoms with van der Waals surface area (Å²) in [5, 5.41) is 19.5. The van der Waals surface area contributed by atoms with E-state index in [9.17, 15) is 10.2 Å². The van der Waals surface area contributed by atoms with E-state index in [1.807, 2.05) is 25.1 Å². The van der Waals surface area contributed by atoms with Crippen molar-refractivity contribution >= 4 is 0 Å². The molecule has 0 aliphatic rings. The highest BCUT2D eigenvalue weighted by molar-refractivity contribution is 5.30. The van der Waals surface area contributed by atoms with E-state index >= 15 is 0 Å². The monoisotopic (exact) mass is 250 g/mol. The summed E-state index contributed by atoms with van der Waals surface area (Å²) in [5.74, 6) is 0.664. The van der Waals surface area contributed by atoms with Crippen LogP contribution in [0.3, 0.4) is 0 Å². The van der Waals surface area contributed by atoms with Crippen molar-refractivity contribution in [2.24, 2.45) is 5.92 Å². The van der Waals surface area contributed by atoms with Crippen molar-refractivity contribution < 1.29 is 10.2 Å². The number of aliphatic hydroxyl groups is 2. The Kier molecular flexibility index (Phi) is 5.83. The van der Waals surface area contributed by atoms with Crippen molar-refractivity contribution in [1.29, 1.82) is 0 Å². The summed E-state index contributed by atoms with van der Waals surface area (Å²) < 4.78 is 0. The lowest BCUT2D eigenvalue weighted by atomic mass is 9.77. The SMILES string of the molecule is Cc1cccc(C(CO)(CO)CCCC(C)C)c1. The maximum Gasteiger partial charge on any atom is 0.0550 e. The zero-order valence-corrected chi connectivity index (χ0v) is 11.8. The number of aryl methyl sites for hydroxylation is 1. The quantitative estimate of drug-likeness (QED) is 0.781. The van der Waals surface area contributed by atoms with Gasteiger partial charge in [0, 0.05) is 5.41 Å². The van der Waals surface area contributed by atoms with Gasteiger partial charge in [0.25, 0.3) is 0 Å². The number of hydrogen-bond donors (Lipinski definition) is 2. The van der Waals surface area contributed by atoms with Gasteiger partial charge in [-0.3, -0.25) is 0 Å².